The zero-order valence-electron chi connectivity index (χ0n) is 14.0. The van der Waals surface area contributed by atoms with Gasteiger partial charge in [-0.15, -0.1) is 0 Å². The molecule has 7 nitrogen and oxygen atoms in total. The number of hydrogen-bond donors (Lipinski definition) is 1. The molecule has 3 aromatic rings. The zero-order chi connectivity index (χ0) is 17.2. The lowest BCUT2D eigenvalue weighted by Crippen LogP contribution is -2.28. The predicted molar refractivity (Wildman–Crippen MR) is 91.0 cm³/mol. The van der Waals surface area contributed by atoms with Crippen molar-refractivity contribution in [3.8, 4) is 11.3 Å². The zero-order valence-corrected chi connectivity index (χ0v) is 14.0. The van der Waals surface area contributed by atoms with E-state index in [0.29, 0.717) is 30.5 Å². The minimum absolute atomic E-state index is 0.230. The third-order valence-corrected chi connectivity index (χ3v) is 4.25. The van der Waals surface area contributed by atoms with Crippen molar-refractivity contribution in [2.24, 2.45) is 0 Å². The van der Waals surface area contributed by atoms with Crippen LogP contribution in [0.15, 0.2) is 41.2 Å². The Morgan fingerprint density at radius 3 is 2.80 bits per heavy atom. The molecule has 7 heteroatoms. The van der Waals surface area contributed by atoms with Crippen molar-refractivity contribution in [3.63, 3.8) is 0 Å². The molecule has 1 amide bonds. The van der Waals surface area contributed by atoms with Crippen LogP contribution in [0, 0.1) is 6.92 Å². The van der Waals surface area contributed by atoms with Crippen molar-refractivity contribution >= 4 is 5.91 Å². The first-order chi connectivity index (χ1) is 12.2. The molecule has 3 heterocycles. The molecule has 1 fully saturated rings. The van der Waals surface area contributed by atoms with Gasteiger partial charge in [0.05, 0.1) is 12.2 Å². The molecule has 1 saturated carbocycles. The molecule has 128 valence electrons. The fraction of sp³-hybridized carbons (Fsp3) is 0.333. The van der Waals surface area contributed by atoms with E-state index >= 15 is 0 Å². The third-order valence-electron chi connectivity index (χ3n) is 4.25. The van der Waals surface area contributed by atoms with Crippen molar-refractivity contribution in [3.05, 3.63) is 53.8 Å². The summed E-state index contributed by atoms with van der Waals surface area (Å²) in [5.74, 6) is 0.971. The van der Waals surface area contributed by atoms with Crippen molar-refractivity contribution < 1.29 is 9.32 Å². The van der Waals surface area contributed by atoms with Gasteiger partial charge in [0.1, 0.15) is 5.76 Å². The highest BCUT2D eigenvalue weighted by Crippen LogP contribution is 2.41. The Morgan fingerprint density at radius 2 is 2.12 bits per heavy atom. The quantitative estimate of drug-likeness (QED) is 0.747. The Labute approximate surface area is 145 Å². The van der Waals surface area contributed by atoms with Crippen molar-refractivity contribution in [1.29, 1.82) is 0 Å². The summed E-state index contributed by atoms with van der Waals surface area (Å²) in [7, 11) is 0. The molecule has 1 N–H and O–H groups in total. The lowest BCUT2D eigenvalue weighted by atomic mass is 10.2. The number of carbonyl (C=O) groups is 1. The number of pyridine rings is 1. The summed E-state index contributed by atoms with van der Waals surface area (Å²) in [5, 5.41) is 11.3. The summed E-state index contributed by atoms with van der Waals surface area (Å²) in [6.07, 6.45) is 5.94. The van der Waals surface area contributed by atoms with E-state index in [0.717, 1.165) is 11.3 Å². The number of hydrogen-bond acceptors (Lipinski definition) is 5. The molecule has 1 aliphatic carbocycles. The van der Waals surface area contributed by atoms with Gasteiger partial charge < -0.3 is 9.84 Å². The minimum Gasteiger partial charge on any atom is -0.361 e. The van der Waals surface area contributed by atoms with Crippen molar-refractivity contribution in [2.75, 3.05) is 6.54 Å². The molecule has 0 aromatic carbocycles. The molecule has 0 saturated heterocycles. The summed E-state index contributed by atoms with van der Waals surface area (Å²) < 4.78 is 6.93. The molecular formula is C18H19N5O2. The first-order valence-corrected chi connectivity index (χ1v) is 8.40. The average Bonchev–Trinajstić information content (AvgIpc) is 3.24. The first kappa shape index (κ1) is 15.6. The van der Waals surface area contributed by atoms with E-state index in [1.54, 1.807) is 25.4 Å². The second-order valence-electron chi connectivity index (χ2n) is 6.27. The van der Waals surface area contributed by atoms with Crippen LogP contribution in [-0.4, -0.2) is 32.4 Å². The van der Waals surface area contributed by atoms with Crippen molar-refractivity contribution in [1.82, 2.24) is 25.2 Å². The molecule has 4 rings (SSSR count). The lowest BCUT2D eigenvalue weighted by molar-refractivity contribution is 0.0942. The average molecular weight is 337 g/mol. The second kappa shape index (κ2) is 6.51. The van der Waals surface area contributed by atoms with Gasteiger partial charge in [0.25, 0.3) is 5.91 Å². The first-order valence-electron chi connectivity index (χ1n) is 8.40. The van der Waals surface area contributed by atoms with Gasteiger partial charge in [-0.25, -0.2) is 0 Å². The summed E-state index contributed by atoms with van der Waals surface area (Å²) in [6.45, 7) is 2.87. The maximum atomic E-state index is 12.0. The molecule has 0 aliphatic heterocycles. The van der Waals surface area contributed by atoms with E-state index in [4.69, 9.17) is 9.62 Å². The van der Waals surface area contributed by atoms with Crippen LogP contribution in [0.2, 0.25) is 0 Å². The SMILES string of the molecule is Cc1cc(C(=O)NCCn2nc(-c3ccncc3)cc2C2CC2)no1. The summed E-state index contributed by atoms with van der Waals surface area (Å²) in [6, 6.07) is 7.69. The van der Waals surface area contributed by atoms with Gasteiger partial charge in [0.15, 0.2) is 5.69 Å². The lowest BCUT2D eigenvalue weighted by Gasteiger charge is -2.07. The second-order valence-corrected chi connectivity index (χ2v) is 6.27. The van der Waals surface area contributed by atoms with Crippen LogP contribution in [0.4, 0.5) is 0 Å². The van der Waals surface area contributed by atoms with Gasteiger partial charge in [0.2, 0.25) is 0 Å². The van der Waals surface area contributed by atoms with E-state index in [2.05, 4.69) is 21.5 Å². The van der Waals surface area contributed by atoms with Gasteiger partial charge in [0, 0.05) is 42.2 Å². The Bertz CT molecular complexity index is 880. The van der Waals surface area contributed by atoms with Crippen LogP contribution < -0.4 is 5.32 Å². The van der Waals surface area contributed by atoms with E-state index in [1.165, 1.54) is 18.5 Å². The van der Waals surface area contributed by atoms with Crippen LogP contribution >= 0.6 is 0 Å². The molecule has 0 spiro atoms. The van der Waals surface area contributed by atoms with Crippen LogP contribution in [0.25, 0.3) is 11.3 Å². The van der Waals surface area contributed by atoms with E-state index in [-0.39, 0.29) is 5.91 Å². The van der Waals surface area contributed by atoms with E-state index < -0.39 is 0 Å². The highest BCUT2D eigenvalue weighted by Gasteiger charge is 2.28. The number of aryl methyl sites for hydroxylation is 1. The number of nitrogens with one attached hydrogen (secondary N) is 1. The van der Waals surface area contributed by atoms with Gasteiger partial charge in [-0.05, 0) is 38.0 Å². The molecule has 0 atom stereocenters. The molecule has 3 aromatic heterocycles. The summed E-state index contributed by atoms with van der Waals surface area (Å²) in [4.78, 5) is 16.1. The molecule has 1 aliphatic rings. The molecule has 0 unspecified atom stereocenters. The highest BCUT2D eigenvalue weighted by molar-refractivity contribution is 5.92. The number of carbonyl (C=O) groups excluding carboxylic acids is 1. The Hall–Kier alpha value is -2.96. The molecular weight excluding hydrogens is 318 g/mol. The van der Waals surface area contributed by atoms with E-state index in [9.17, 15) is 4.79 Å². The van der Waals surface area contributed by atoms with Gasteiger partial charge >= 0.3 is 0 Å². The highest BCUT2D eigenvalue weighted by atomic mass is 16.5. The topological polar surface area (TPSA) is 85.8 Å². The van der Waals surface area contributed by atoms with Crippen LogP contribution in [0.5, 0.6) is 0 Å². The summed E-state index contributed by atoms with van der Waals surface area (Å²) in [5.41, 5.74) is 3.54. The standard InChI is InChI=1S/C18H19N5O2/c1-12-10-16(22-25-12)18(24)20-8-9-23-17(14-2-3-14)11-15(21-23)13-4-6-19-7-5-13/h4-7,10-11,14H,2-3,8-9H2,1H3,(H,20,24). The summed E-state index contributed by atoms with van der Waals surface area (Å²) >= 11 is 0. The number of aromatic nitrogens is 4. The maximum absolute atomic E-state index is 12.0. The fourth-order valence-electron chi connectivity index (χ4n) is 2.82. The number of amides is 1. The fourth-order valence-corrected chi connectivity index (χ4v) is 2.82. The Kier molecular flexibility index (Phi) is 4.05. The van der Waals surface area contributed by atoms with Crippen molar-refractivity contribution in [2.45, 2.75) is 32.2 Å². The Morgan fingerprint density at radius 1 is 1.32 bits per heavy atom. The monoisotopic (exact) mass is 337 g/mol. The molecule has 25 heavy (non-hydrogen) atoms. The third kappa shape index (κ3) is 3.45. The van der Waals surface area contributed by atoms with E-state index in [1.807, 2.05) is 16.8 Å². The molecule has 0 radical (unpaired) electrons. The van der Waals surface area contributed by atoms with Crippen LogP contribution in [0.1, 0.15) is 40.7 Å². The number of rotatable bonds is 6. The largest absolute Gasteiger partial charge is 0.361 e. The van der Waals surface area contributed by atoms with Crippen LogP contribution in [-0.2, 0) is 6.54 Å². The maximum Gasteiger partial charge on any atom is 0.273 e. The van der Waals surface area contributed by atoms with Gasteiger partial charge in [-0.3, -0.25) is 14.5 Å². The van der Waals surface area contributed by atoms with Crippen LogP contribution in [0.3, 0.4) is 0 Å². The normalized spacial score (nSPS) is 13.8. The smallest absolute Gasteiger partial charge is 0.273 e. The Balaban J connectivity index is 1.45. The minimum atomic E-state index is -0.230. The van der Waals surface area contributed by atoms with Gasteiger partial charge in [-0.2, -0.15) is 5.10 Å². The predicted octanol–water partition coefficient (Wildman–Crippen LogP) is 2.55. The molecule has 0 bridgehead atoms. The number of nitrogens with zero attached hydrogens (tertiary/aromatic N) is 4. The van der Waals surface area contributed by atoms with Gasteiger partial charge in [-0.1, -0.05) is 5.16 Å².